The third kappa shape index (κ3) is 3.83. The summed E-state index contributed by atoms with van der Waals surface area (Å²) in [6, 6.07) is 0. The van der Waals surface area contributed by atoms with E-state index in [0.29, 0.717) is 0 Å². The van der Waals surface area contributed by atoms with Gasteiger partial charge in [-0.1, -0.05) is 12.1 Å². The van der Waals surface area contributed by atoms with Gasteiger partial charge >= 0.3 is 0 Å². The van der Waals surface area contributed by atoms with Crippen LogP contribution in [-0.4, -0.2) is 23.2 Å². The molecule has 0 atom stereocenters. The first-order valence-electron chi connectivity index (χ1n) is 4.53. The molecule has 0 aromatic carbocycles. The van der Waals surface area contributed by atoms with Crippen molar-refractivity contribution in [1.82, 2.24) is 10.5 Å². The van der Waals surface area contributed by atoms with Crippen molar-refractivity contribution in [3.05, 3.63) is 17.5 Å². The summed E-state index contributed by atoms with van der Waals surface area (Å²) in [5.41, 5.74) is 2.14. The van der Waals surface area contributed by atoms with Crippen LogP contribution in [0.15, 0.2) is 10.8 Å². The van der Waals surface area contributed by atoms with Gasteiger partial charge in [0.25, 0.3) is 0 Å². The van der Waals surface area contributed by atoms with Crippen molar-refractivity contribution in [2.45, 2.75) is 20.4 Å². The quantitative estimate of drug-likeness (QED) is 0.711. The lowest BCUT2D eigenvalue weighted by Gasteiger charge is -2.01. The van der Waals surface area contributed by atoms with Crippen LogP contribution < -0.4 is 5.32 Å². The lowest BCUT2D eigenvalue weighted by Crippen LogP contribution is -2.16. The van der Waals surface area contributed by atoms with Crippen LogP contribution >= 0.6 is 11.8 Å². The van der Waals surface area contributed by atoms with E-state index in [1.807, 2.05) is 18.7 Å². The third-order valence-electron chi connectivity index (χ3n) is 1.79. The summed E-state index contributed by atoms with van der Waals surface area (Å²) in [5.74, 6) is 2.36. The Balaban J connectivity index is 2.10. The molecule has 0 saturated heterocycles. The van der Waals surface area contributed by atoms with E-state index in [4.69, 9.17) is 4.52 Å². The zero-order valence-electron chi connectivity index (χ0n) is 8.17. The third-order valence-corrected chi connectivity index (χ3v) is 2.69. The van der Waals surface area contributed by atoms with Gasteiger partial charge in [0.2, 0.25) is 0 Å². The monoisotopic (exact) mass is 200 g/mol. The molecule has 0 aliphatic heterocycles. The van der Waals surface area contributed by atoms with E-state index in [9.17, 15) is 0 Å². The Kier molecular flexibility index (Phi) is 4.93. The standard InChI is InChI=1S/C9H16N2OS/c1-3-13-5-4-10-6-9-7-12-11-8(9)2/h7,10H,3-6H2,1-2H3. The second-order valence-corrected chi connectivity index (χ2v) is 4.19. The fourth-order valence-corrected chi connectivity index (χ4v) is 1.57. The molecule has 74 valence electrons. The number of aromatic nitrogens is 1. The van der Waals surface area contributed by atoms with Gasteiger partial charge in [0.05, 0.1) is 5.69 Å². The second kappa shape index (κ2) is 6.05. The number of aryl methyl sites for hydroxylation is 1. The molecule has 0 unspecified atom stereocenters. The molecule has 3 nitrogen and oxygen atoms in total. The van der Waals surface area contributed by atoms with Crippen LogP contribution in [0.5, 0.6) is 0 Å². The molecular weight excluding hydrogens is 184 g/mol. The molecule has 1 heterocycles. The highest BCUT2D eigenvalue weighted by Crippen LogP contribution is 2.03. The average molecular weight is 200 g/mol. The summed E-state index contributed by atoms with van der Waals surface area (Å²) in [6.45, 7) is 6.04. The smallest absolute Gasteiger partial charge is 0.128 e. The molecule has 0 aliphatic rings. The number of thioether (sulfide) groups is 1. The molecule has 0 saturated carbocycles. The molecule has 4 heteroatoms. The van der Waals surface area contributed by atoms with Crippen molar-refractivity contribution in [3.63, 3.8) is 0 Å². The Morgan fingerprint density at radius 1 is 1.62 bits per heavy atom. The number of hydrogen-bond donors (Lipinski definition) is 1. The fourth-order valence-electron chi connectivity index (χ4n) is 0.994. The number of nitrogens with one attached hydrogen (secondary N) is 1. The van der Waals surface area contributed by atoms with Gasteiger partial charge in [-0.25, -0.2) is 0 Å². The second-order valence-electron chi connectivity index (χ2n) is 2.80. The Hall–Kier alpha value is -0.480. The van der Waals surface area contributed by atoms with E-state index < -0.39 is 0 Å². The average Bonchev–Trinajstić information content (AvgIpc) is 2.52. The first kappa shape index (κ1) is 10.6. The van der Waals surface area contributed by atoms with Crippen LogP contribution in [0.2, 0.25) is 0 Å². The maximum atomic E-state index is 4.83. The Morgan fingerprint density at radius 3 is 3.08 bits per heavy atom. The molecule has 0 fully saturated rings. The summed E-state index contributed by atoms with van der Waals surface area (Å²) in [4.78, 5) is 0. The minimum Gasteiger partial charge on any atom is -0.364 e. The Labute approximate surface area is 83.3 Å². The first-order chi connectivity index (χ1) is 6.34. The van der Waals surface area contributed by atoms with Crippen LogP contribution in [0.4, 0.5) is 0 Å². The summed E-state index contributed by atoms with van der Waals surface area (Å²) >= 11 is 1.95. The minimum atomic E-state index is 0.861. The maximum absolute atomic E-state index is 4.83. The molecule has 0 spiro atoms. The van der Waals surface area contributed by atoms with Crippen molar-refractivity contribution in [1.29, 1.82) is 0 Å². The van der Waals surface area contributed by atoms with Crippen LogP contribution in [0.25, 0.3) is 0 Å². The predicted octanol–water partition coefficient (Wildman–Crippen LogP) is 1.83. The Morgan fingerprint density at radius 2 is 2.46 bits per heavy atom. The molecular formula is C9H16N2OS. The lowest BCUT2D eigenvalue weighted by atomic mass is 10.3. The van der Waals surface area contributed by atoms with E-state index in [1.54, 1.807) is 6.26 Å². The highest BCUT2D eigenvalue weighted by molar-refractivity contribution is 7.99. The maximum Gasteiger partial charge on any atom is 0.128 e. The van der Waals surface area contributed by atoms with Crippen molar-refractivity contribution < 1.29 is 4.52 Å². The Bertz CT molecular complexity index is 237. The summed E-state index contributed by atoms with van der Waals surface area (Å²) in [6.07, 6.45) is 1.70. The van der Waals surface area contributed by atoms with Gasteiger partial charge in [-0.05, 0) is 12.7 Å². The molecule has 0 radical (unpaired) electrons. The van der Waals surface area contributed by atoms with Crippen LogP contribution in [0.3, 0.4) is 0 Å². The van der Waals surface area contributed by atoms with Gasteiger partial charge in [-0.15, -0.1) is 0 Å². The SMILES string of the molecule is CCSCCNCc1conc1C. The van der Waals surface area contributed by atoms with Gasteiger partial charge in [0.1, 0.15) is 6.26 Å². The molecule has 0 amide bonds. The van der Waals surface area contributed by atoms with Crippen LogP contribution in [-0.2, 0) is 6.54 Å². The van der Waals surface area contributed by atoms with Gasteiger partial charge in [-0.3, -0.25) is 0 Å². The van der Waals surface area contributed by atoms with Gasteiger partial charge in [-0.2, -0.15) is 11.8 Å². The van der Waals surface area contributed by atoms with E-state index in [-0.39, 0.29) is 0 Å². The fraction of sp³-hybridized carbons (Fsp3) is 0.667. The van der Waals surface area contributed by atoms with E-state index in [0.717, 1.165) is 24.3 Å². The summed E-state index contributed by atoms with van der Waals surface area (Å²) < 4.78 is 4.83. The summed E-state index contributed by atoms with van der Waals surface area (Å²) in [7, 11) is 0. The van der Waals surface area contributed by atoms with Crippen LogP contribution in [0.1, 0.15) is 18.2 Å². The van der Waals surface area contributed by atoms with Crippen molar-refractivity contribution in [3.8, 4) is 0 Å². The zero-order chi connectivity index (χ0) is 9.52. The predicted molar refractivity (Wildman–Crippen MR) is 55.9 cm³/mol. The minimum absolute atomic E-state index is 0.861. The number of rotatable bonds is 6. The molecule has 1 aromatic heterocycles. The highest BCUT2D eigenvalue weighted by Gasteiger charge is 2.00. The van der Waals surface area contributed by atoms with Gasteiger partial charge in [0, 0.05) is 24.4 Å². The number of nitrogens with zero attached hydrogens (tertiary/aromatic N) is 1. The summed E-state index contributed by atoms with van der Waals surface area (Å²) in [5, 5.41) is 7.15. The molecule has 1 aromatic rings. The zero-order valence-corrected chi connectivity index (χ0v) is 8.99. The first-order valence-corrected chi connectivity index (χ1v) is 5.68. The van der Waals surface area contributed by atoms with Crippen LogP contribution in [0, 0.1) is 6.92 Å². The lowest BCUT2D eigenvalue weighted by molar-refractivity contribution is 0.414. The van der Waals surface area contributed by atoms with E-state index in [2.05, 4.69) is 17.4 Å². The highest BCUT2D eigenvalue weighted by atomic mass is 32.2. The molecule has 1 rings (SSSR count). The van der Waals surface area contributed by atoms with E-state index >= 15 is 0 Å². The molecule has 0 bridgehead atoms. The topological polar surface area (TPSA) is 38.1 Å². The van der Waals surface area contributed by atoms with E-state index in [1.165, 1.54) is 11.5 Å². The van der Waals surface area contributed by atoms with Crippen molar-refractivity contribution >= 4 is 11.8 Å². The number of hydrogen-bond acceptors (Lipinski definition) is 4. The van der Waals surface area contributed by atoms with Crippen molar-refractivity contribution in [2.24, 2.45) is 0 Å². The molecule has 1 N–H and O–H groups in total. The molecule has 0 aliphatic carbocycles. The largest absolute Gasteiger partial charge is 0.364 e. The van der Waals surface area contributed by atoms with Crippen molar-refractivity contribution in [2.75, 3.05) is 18.1 Å². The molecule has 13 heavy (non-hydrogen) atoms. The normalized spacial score (nSPS) is 10.6. The van der Waals surface area contributed by atoms with Gasteiger partial charge in [0.15, 0.2) is 0 Å². The van der Waals surface area contributed by atoms with Gasteiger partial charge < -0.3 is 9.84 Å².